The lowest BCUT2D eigenvalue weighted by Crippen LogP contribution is -2.62. The molecule has 0 saturated carbocycles. The van der Waals surface area contributed by atoms with Gasteiger partial charge in [-0.3, -0.25) is 0 Å². The van der Waals surface area contributed by atoms with Crippen molar-refractivity contribution in [2.75, 3.05) is 13.7 Å². The van der Waals surface area contributed by atoms with E-state index >= 15 is 0 Å². The molecule has 1 aliphatic heterocycles. The SMILES string of the molecule is C=CC(=O)OCC1OC(OC(=O)C(F)(F)F)(C(F)(F)F)C(F)(F)C1OC. The van der Waals surface area contributed by atoms with E-state index < -0.39 is 54.8 Å². The van der Waals surface area contributed by atoms with E-state index in [2.05, 4.69) is 25.5 Å². The van der Waals surface area contributed by atoms with Gasteiger partial charge in [0.1, 0.15) is 12.7 Å². The van der Waals surface area contributed by atoms with Crippen molar-refractivity contribution in [3.63, 3.8) is 0 Å². The molecule has 3 unspecified atom stereocenters. The van der Waals surface area contributed by atoms with Crippen LogP contribution in [0.25, 0.3) is 0 Å². The highest BCUT2D eigenvalue weighted by atomic mass is 19.4. The van der Waals surface area contributed by atoms with Crippen molar-refractivity contribution in [3.8, 4) is 0 Å². The Morgan fingerprint density at radius 3 is 2.12 bits per heavy atom. The molecule has 26 heavy (non-hydrogen) atoms. The topological polar surface area (TPSA) is 71.1 Å². The average Bonchev–Trinajstić information content (AvgIpc) is 2.70. The minimum absolute atomic E-state index is 0.502. The average molecular weight is 402 g/mol. The summed E-state index contributed by atoms with van der Waals surface area (Å²) in [6.45, 7) is 1.66. The predicted molar refractivity (Wildman–Crippen MR) is 62.7 cm³/mol. The van der Waals surface area contributed by atoms with E-state index in [0.29, 0.717) is 13.2 Å². The fourth-order valence-electron chi connectivity index (χ4n) is 2.01. The summed E-state index contributed by atoms with van der Waals surface area (Å²) >= 11 is 0. The molecule has 1 rings (SSSR count). The number of hydrogen-bond acceptors (Lipinski definition) is 6. The van der Waals surface area contributed by atoms with Crippen LogP contribution in [0.2, 0.25) is 0 Å². The van der Waals surface area contributed by atoms with E-state index in [1.807, 2.05) is 0 Å². The van der Waals surface area contributed by atoms with Crippen LogP contribution in [0.5, 0.6) is 0 Å². The number of rotatable bonds is 5. The van der Waals surface area contributed by atoms with Crippen molar-refractivity contribution in [1.82, 2.24) is 0 Å². The minimum atomic E-state index is -6.30. The van der Waals surface area contributed by atoms with Gasteiger partial charge < -0.3 is 18.9 Å². The van der Waals surface area contributed by atoms with Gasteiger partial charge in [0.15, 0.2) is 6.10 Å². The Kier molecular flexibility index (Phi) is 5.93. The molecule has 0 N–H and O–H groups in total. The van der Waals surface area contributed by atoms with E-state index in [9.17, 15) is 44.7 Å². The third-order valence-electron chi connectivity index (χ3n) is 3.10. The molecular weight excluding hydrogens is 392 g/mol. The second kappa shape index (κ2) is 6.98. The normalized spacial score (nSPS) is 28.5. The first-order chi connectivity index (χ1) is 11.6. The van der Waals surface area contributed by atoms with E-state index in [-0.39, 0.29) is 0 Å². The van der Waals surface area contributed by atoms with Crippen molar-refractivity contribution in [2.24, 2.45) is 0 Å². The monoisotopic (exact) mass is 402 g/mol. The summed E-state index contributed by atoms with van der Waals surface area (Å²) in [4.78, 5) is 21.7. The molecule has 0 spiro atoms. The summed E-state index contributed by atoms with van der Waals surface area (Å²) in [6.07, 6.45) is -17.1. The first kappa shape index (κ1) is 22.1. The Labute approximate surface area is 139 Å². The summed E-state index contributed by atoms with van der Waals surface area (Å²) in [5.41, 5.74) is 0. The number of ether oxygens (including phenoxy) is 4. The van der Waals surface area contributed by atoms with Gasteiger partial charge in [0.25, 0.3) is 0 Å². The highest BCUT2D eigenvalue weighted by molar-refractivity contribution is 5.81. The molecule has 1 fully saturated rings. The fraction of sp³-hybridized carbons (Fsp3) is 0.667. The van der Waals surface area contributed by atoms with Gasteiger partial charge in [-0.05, 0) is 0 Å². The Morgan fingerprint density at radius 2 is 1.73 bits per heavy atom. The van der Waals surface area contributed by atoms with Crippen LogP contribution in [-0.2, 0) is 28.5 Å². The molecule has 1 aliphatic rings. The van der Waals surface area contributed by atoms with Gasteiger partial charge in [-0.25, -0.2) is 9.59 Å². The van der Waals surface area contributed by atoms with Crippen molar-refractivity contribution in [1.29, 1.82) is 0 Å². The second-order valence-corrected chi connectivity index (χ2v) is 4.77. The molecule has 150 valence electrons. The molecule has 0 aromatic heterocycles. The summed E-state index contributed by atoms with van der Waals surface area (Å²) in [6, 6.07) is 0. The van der Waals surface area contributed by atoms with Gasteiger partial charge in [-0.15, -0.1) is 0 Å². The van der Waals surface area contributed by atoms with Crippen molar-refractivity contribution < 1.29 is 63.7 Å². The predicted octanol–water partition coefficient (Wildman–Crippen LogP) is 2.13. The van der Waals surface area contributed by atoms with Crippen LogP contribution < -0.4 is 0 Å². The Bertz CT molecular complexity index is 571. The first-order valence-electron chi connectivity index (χ1n) is 6.38. The number of esters is 2. The van der Waals surface area contributed by atoms with Crippen LogP contribution in [0.15, 0.2) is 12.7 Å². The number of carbonyl (C=O) groups excluding carboxylic acids is 2. The molecule has 0 radical (unpaired) electrons. The third-order valence-corrected chi connectivity index (χ3v) is 3.10. The zero-order valence-electron chi connectivity index (χ0n) is 12.6. The summed E-state index contributed by atoms with van der Waals surface area (Å²) in [7, 11) is 0.502. The van der Waals surface area contributed by atoms with E-state index in [1.54, 1.807) is 0 Å². The maximum Gasteiger partial charge on any atom is 0.491 e. The van der Waals surface area contributed by atoms with Gasteiger partial charge in [0, 0.05) is 13.2 Å². The van der Waals surface area contributed by atoms with Gasteiger partial charge >= 0.3 is 36.0 Å². The maximum absolute atomic E-state index is 14.3. The fourth-order valence-corrected chi connectivity index (χ4v) is 2.01. The van der Waals surface area contributed by atoms with Crippen molar-refractivity contribution >= 4 is 11.9 Å². The lowest BCUT2D eigenvalue weighted by molar-refractivity contribution is -0.414. The smallest absolute Gasteiger partial charge is 0.460 e. The van der Waals surface area contributed by atoms with E-state index in [1.165, 1.54) is 0 Å². The van der Waals surface area contributed by atoms with E-state index in [4.69, 9.17) is 0 Å². The van der Waals surface area contributed by atoms with Crippen LogP contribution in [0.1, 0.15) is 0 Å². The number of hydrogen-bond donors (Lipinski definition) is 0. The first-order valence-corrected chi connectivity index (χ1v) is 6.38. The van der Waals surface area contributed by atoms with Crippen LogP contribution in [0.3, 0.4) is 0 Å². The van der Waals surface area contributed by atoms with Gasteiger partial charge in [-0.1, -0.05) is 6.58 Å². The second-order valence-electron chi connectivity index (χ2n) is 4.77. The quantitative estimate of drug-likeness (QED) is 0.399. The van der Waals surface area contributed by atoms with E-state index in [0.717, 1.165) is 0 Å². The number of halogens is 8. The zero-order chi connectivity index (χ0) is 20.6. The number of carbonyl (C=O) groups is 2. The Morgan fingerprint density at radius 1 is 1.19 bits per heavy atom. The maximum atomic E-state index is 14.3. The molecule has 0 bridgehead atoms. The van der Waals surface area contributed by atoms with Crippen molar-refractivity contribution in [2.45, 2.75) is 36.3 Å². The lowest BCUT2D eigenvalue weighted by Gasteiger charge is -2.35. The molecule has 3 atom stereocenters. The van der Waals surface area contributed by atoms with Crippen LogP contribution in [-0.4, -0.2) is 61.9 Å². The van der Waals surface area contributed by atoms with Crippen LogP contribution in [0.4, 0.5) is 35.1 Å². The highest BCUT2D eigenvalue weighted by Gasteiger charge is 2.84. The Balaban J connectivity index is 3.33. The zero-order valence-corrected chi connectivity index (χ0v) is 12.6. The summed E-state index contributed by atoms with van der Waals surface area (Å²) < 4.78 is 120. The molecule has 0 aromatic carbocycles. The molecule has 0 aliphatic carbocycles. The van der Waals surface area contributed by atoms with Crippen molar-refractivity contribution in [3.05, 3.63) is 12.7 Å². The molecule has 0 aromatic rings. The molecule has 14 heteroatoms. The molecule has 1 heterocycles. The lowest BCUT2D eigenvalue weighted by atomic mass is 10.0. The van der Waals surface area contributed by atoms with Gasteiger partial charge in [0.05, 0.1) is 0 Å². The molecule has 6 nitrogen and oxygen atoms in total. The molecule has 0 amide bonds. The number of alkyl halides is 8. The van der Waals surface area contributed by atoms with Crippen LogP contribution >= 0.6 is 0 Å². The Hall–Kier alpha value is -1.96. The highest BCUT2D eigenvalue weighted by Crippen LogP contribution is 2.54. The standard InChI is InChI=1S/C12H10F8O6/c1-3-6(21)24-4-5-7(23-2)9(13,14)11(25-5,12(18,19)20)26-8(22)10(15,16)17/h3,5,7H,1,4H2,2H3. The summed E-state index contributed by atoms with van der Waals surface area (Å²) in [5, 5.41) is 0. The molecular formula is C12H10F8O6. The minimum Gasteiger partial charge on any atom is -0.460 e. The largest absolute Gasteiger partial charge is 0.491 e. The van der Waals surface area contributed by atoms with Gasteiger partial charge in [-0.2, -0.15) is 35.1 Å². The number of methoxy groups -OCH3 is 1. The third kappa shape index (κ3) is 3.75. The van der Waals surface area contributed by atoms with Crippen LogP contribution in [0, 0.1) is 0 Å². The van der Waals surface area contributed by atoms with Gasteiger partial charge in [0.2, 0.25) is 0 Å². The molecule has 1 saturated heterocycles. The summed E-state index contributed by atoms with van der Waals surface area (Å²) in [5.74, 6) is -15.4.